The molecule has 0 bridgehead atoms. The van der Waals surface area contributed by atoms with Gasteiger partial charge in [0.2, 0.25) is 0 Å². The van der Waals surface area contributed by atoms with Gasteiger partial charge in [0.1, 0.15) is 0 Å². The number of aryl methyl sites for hydroxylation is 2. The molecule has 0 saturated heterocycles. The molecule has 2 heterocycles. The summed E-state index contributed by atoms with van der Waals surface area (Å²) in [4.78, 5) is 21.8. The number of fused-ring (bicyclic) bond motifs is 1. The first-order valence-corrected chi connectivity index (χ1v) is 9.98. The second-order valence-electron chi connectivity index (χ2n) is 7.44. The van der Waals surface area contributed by atoms with Crippen LogP contribution in [0.5, 0.6) is 0 Å². The van der Waals surface area contributed by atoms with Crippen LogP contribution < -0.4 is 4.90 Å². The summed E-state index contributed by atoms with van der Waals surface area (Å²) in [6, 6.07) is 8.25. The Balaban J connectivity index is 1.98. The van der Waals surface area contributed by atoms with Crippen LogP contribution in [-0.4, -0.2) is 52.8 Å². The van der Waals surface area contributed by atoms with Crippen molar-refractivity contribution in [1.29, 1.82) is 0 Å². The molecule has 0 fully saturated rings. The van der Waals surface area contributed by atoms with Gasteiger partial charge in [-0.05, 0) is 65.6 Å². The van der Waals surface area contributed by atoms with E-state index in [1.165, 1.54) is 5.56 Å². The Labute approximate surface area is 164 Å². The largest absolute Gasteiger partial charge is 0.308 e. The highest BCUT2D eigenvalue weighted by Gasteiger charge is 2.24. The van der Waals surface area contributed by atoms with Crippen LogP contribution >= 0.6 is 11.3 Å². The van der Waals surface area contributed by atoms with Gasteiger partial charge in [-0.3, -0.25) is 14.4 Å². The second-order valence-corrected chi connectivity index (χ2v) is 8.45. The average Bonchev–Trinajstić information content (AvgIpc) is 3.17. The number of anilines is 1. The van der Waals surface area contributed by atoms with Crippen LogP contribution in [0.1, 0.15) is 41.6 Å². The summed E-state index contributed by atoms with van der Waals surface area (Å²) >= 11 is 1.55. The maximum Gasteiger partial charge on any atom is 0.280 e. The number of hydrogen-bond donors (Lipinski definition) is 0. The summed E-state index contributed by atoms with van der Waals surface area (Å²) in [6.07, 6.45) is 0. The lowest BCUT2D eigenvalue weighted by atomic mass is 10.2. The molecule has 0 aliphatic carbocycles. The molecule has 27 heavy (non-hydrogen) atoms. The predicted molar refractivity (Wildman–Crippen MR) is 112 cm³/mol. The Kier molecular flexibility index (Phi) is 5.62. The molecule has 1 aromatic carbocycles. The van der Waals surface area contributed by atoms with Gasteiger partial charge >= 0.3 is 0 Å². The van der Waals surface area contributed by atoms with Crippen molar-refractivity contribution in [2.24, 2.45) is 0 Å². The molecule has 3 aromatic rings. The molecule has 0 atom stereocenters. The van der Waals surface area contributed by atoms with E-state index in [1.807, 2.05) is 43.9 Å². The molecule has 0 N–H and O–H groups in total. The maximum absolute atomic E-state index is 13.3. The number of benzene rings is 1. The molecule has 0 spiro atoms. The SMILES string of the molecule is Cc1ccc2nc(N(CCN(C)C)C(=O)c3cc(C)n(C(C)C)n3)sc2c1. The van der Waals surface area contributed by atoms with Crippen LogP contribution in [0.2, 0.25) is 0 Å². The molecule has 6 nitrogen and oxygen atoms in total. The molecule has 2 aromatic heterocycles. The van der Waals surface area contributed by atoms with E-state index in [1.54, 1.807) is 16.2 Å². The molecule has 1 amide bonds. The summed E-state index contributed by atoms with van der Waals surface area (Å²) in [5, 5.41) is 5.26. The third-order valence-corrected chi connectivity index (χ3v) is 5.45. The number of carbonyl (C=O) groups excluding carboxylic acids is 1. The smallest absolute Gasteiger partial charge is 0.280 e. The van der Waals surface area contributed by atoms with Crippen LogP contribution in [0, 0.1) is 13.8 Å². The third kappa shape index (κ3) is 4.20. The number of carbonyl (C=O) groups is 1. The Morgan fingerprint density at radius 1 is 1.19 bits per heavy atom. The van der Waals surface area contributed by atoms with Crippen LogP contribution in [0.3, 0.4) is 0 Å². The third-order valence-electron chi connectivity index (χ3n) is 4.41. The van der Waals surface area contributed by atoms with Crippen molar-refractivity contribution in [3.63, 3.8) is 0 Å². The number of likely N-dealkylation sites (N-methyl/N-ethyl adjacent to an activating group) is 1. The zero-order valence-electron chi connectivity index (χ0n) is 16.9. The molecule has 0 unspecified atom stereocenters. The minimum Gasteiger partial charge on any atom is -0.308 e. The number of thiazole rings is 1. The van der Waals surface area contributed by atoms with E-state index in [-0.39, 0.29) is 11.9 Å². The van der Waals surface area contributed by atoms with Gasteiger partial charge in [0, 0.05) is 24.8 Å². The molecule has 0 saturated carbocycles. The summed E-state index contributed by atoms with van der Waals surface area (Å²) in [6.45, 7) is 9.49. The highest BCUT2D eigenvalue weighted by molar-refractivity contribution is 7.22. The van der Waals surface area contributed by atoms with Crippen LogP contribution in [-0.2, 0) is 0 Å². The number of amides is 1. The van der Waals surface area contributed by atoms with Gasteiger partial charge in [-0.2, -0.15) is 5.10 Å². The zero-order chi connectivity index (χ0) is 19.7. The lowest BCUT2D eigenvalue weighted by Gasteiger charge is -2.21. The normalized spacial score (nSPS) is 11.7. The lowest BCUT2D eigenvalue weighted by molar-refractivity contribution is 0.0979. The molecule has 0 radical (unpaired) electrons. The van der Waals surface area contributed by atoms with Crippen LogP contribution in [0.4, 0.5) is 5.13 Å². The monoisotopic (exact) mass is 385 g/mol. The Bertz CT molecular complexity index is 957. The molecule has 144 valence electrons. The molecule has 3 rings (SSSR count). The molecule has 0 aliphatic heterocycles. The molecular weight excluding hydrogens is 358 g/mol. The second kappa shape index (κ2) is 7.78. The maximum atomic E-state index is 13.3. The zero-order valence-corrected chi connectivity index (χ0v) is 17.7. The van der Waals surface area contributed by atoms with Gasteiger partial charge < -0.3 is 4.90 Å². The van der Waals surface area contributed by atoms with E-state index in [2.05, 4.69) is 36.8 Å². The fourth-order valence-corrected chi connectivity index (χ4v) is 4.06. The topological polar surface area (TPSA) is 54.3 Å². The van der Waals surface area contributed by atoms with E-state index in [0.717, 1.165) is 27.6 Å². The van der Waals surface area contributed by atoms with Crippen LogP contribution in [0.15, 0.2) is 24.3 Å². The van der Waals surface area contributed by atoms with Crippen molar-refractivity contribution in [3.8, 4) is 0 Å². The van der Waals surface area contributed by atoms with Crippen molar-refractivity contribution < 1.29 is 4.79 Å². The van der Waals surface area contributed by atoms with Crippen molar-refractivity contribution >= 4 is 32.6 Å². The minimum absolute atomic E-state index is 0.102. The predicted octanol–water partition coefficient (Wildman–Crippen LogP) is 3.90. The quantitative estimate of drug-likeness (QED) is 0.646. The Hall–Kier alpha value is -2.25. The van der Waals surface area contributed by atoms with Crippen molar-refractivity contribution in [3.05, 3.63) is 41.2 Å². The summed E-state index contributed by atoms with van der Waals surface area (Å²) in [7, 11) is 4.00. The standard InChI is InChI=1S/C20H27N5OS/c1-13(2)25-15(4)12-17(22-25)19(26)24(10-9-23(5)6)20-21-16-8-7-14(3)11-18(16)27-20/h7-8,11-13H,9-10H2,1-6H3. The highest BCUT2D eigenvalue weighted by atomic mass is 32.1. The molecule has 0 aliphatic rings. The van der Waals surface area contributed by atoms with Crippen LogP contribution in [0.25, 0.3) is 10.2 Å². The van der Waals surface area contributed by atoms with E-state index in [4.69, 9.17) is 4.98 Å². The van der Waals surface area contributed by atoms with Gasteiger partial charge in [-0.1, -0.05) is 17.4 Å². The highest BCUT2D eigenvalue weighted by Crippen LogP contribution is 2.30. The van der Waals surface area contributed by atoms with Gasteiger partial charge in [-0.15, -0.1) is 0 Å². The average molecular weight is 386 g/mol. The fourth-order valence-electron chi connectivity index (χ4n) is 2.97. The first kappa shape index (κ1) is 19.5. The van der Waals surface area contributed by atoms with E-state index in [0.29, 0.717) is 12.2 Å². The first-order valence-electron chi connectivity index (χ1n) is 9.16. The Morgan fingerprint density at radius 2 is 1.93 bits per heavy atom. The van der Waals surface area contributed by atoms with Gasteiger partial charge in [0.05, 0.1) is 10.2 Å². The minimum atomic E-state index is -0.102. The number of hydrogen-bond acceptors (Lipinski definition) is 5. The van der Waals surface area contributed by atoms with Crippen molar-refractivity contribution in [2.75, 3.05) is 32.1 Å². The van der Waals surface area contributed by atoms with Crippen molar-refractivity contribution in [2.45, 2.75) is 33.7 Å². The first-order chi connectivity index (χ1) is 12.8. The Morgan fingerprint density at radius 3 is 2.56 bits per heavy atom. The molecular formula is C20H27N5OS. The molecule has 7 heteroatoms. The van der Waals surface area contributed by atoms with Gasteiger partial charge in [0.15, 0.2) is 10.8 Å². The van der Waals surface area contributed by atoms with Crippen molar-refractivity contribution in [1.82, 2.24) is 19.7 Å². The lowest BCUT2D eigenvalue weighted by Crippen LogP contribution is -2.37. The van der Waals surface area contributed by atoms with Gasteiger partial charge in [0.25, 0.3) is 5.91 Å². The van der Waals surface area contributed by atoms with E-state index in [9.17, 15) is 4.79 Å². The van der Waals surface area contributed by atoms with E-state index >= 15 is 0 Å². The summed E-state index contributed by atoms with van der Waals surface area (Å²) in [5.74, 6) is -0.102. The summed E-state index contributed by atoms with van der Waals surface area (Å²) in [5.41, 5.74) is 3.57. The number of aromatic nitrogens is 3. The number of rotatable bonds is 6. The number of nitrogens with zero attached hydrogens (tertiary/aromatic N) is 5. The summed E-state index contributed by atoms with van der Waals surface area (Å²) < 4.78 is 2.98. The fraction of sp³-hybridized carbons (Fsp3) is 0.450. The van der Waals surface area contributed by atoms with E-state index < -0.39 is 0 Å². The van der Waals surface area contributed by atoms with Gasteiger partial charge in [-0.25, -0.2) is 4.98 Å².